The number of morpholine rings is 1. The molecule has 2 aliphatic heterocycles. The van der Waals surface area contributed by atoms with Crippen molar-refractivity contribution < 1.29 is 14.3 Å². The van der Waals surface area contributed by atoms with E-state index in [-0.39, 0.29) is 5.91 Å². The first kappa shape index (κ1) is 15.4. The Kier molecular flexibility index (Phi) is 4.99. The highest BCUT2D eigenvalue weighted by molar-refractivity contribution is 7.99. The maximum absolute atomic E-state index is 12.6. The fourth-order valence-corrected chi connectivity index (χ4v) is 3.47. The number of anilines is 1. The van der Waals surface area contributed by atoms with Crippen molar-refractivity contribution >= 4 is 23.6 Å². The maximum atomic E-state index is 12.6. The van der Waals surface area contributed by atoms with E-state index >= 15 is 0 Å². The smallest absolute Gasteiger partial charge is 0.253 e. The van der Waals surface area contributed by atoms with E-state index in [2.05, 4.69) is 9.97 Å². The van der Waals surface area contributed by atoms with Gasteiger partial charge in [-0.25, -0.2) is 4.98 Å². The third kappa shape index (κ3) is 3.44. The minimum atomic E-state index is -0.438. The molecule has 8 heteroatoms. The summed E-state index contributed by atoms with van der Waals surface area (Å²) >= 11 is 1.89. The first-order valence-electron chi connectivity index (χ1n) is 7.38. The van der Waals surface area contributed by atoms with Crippen LogP contribution in [0.3, 0.4) is 0 Å². The Morgan fingerprint density at radius 2 is 2.23 bits per heavy atom. The molecule has 0 radical (unpaired) electrons. The first-order chi connectivity index (χ1) is 10.8. The van der Waals surface area contributed by atoms with Gasteiger partial charge >= 0.3 is 0 Å². The van der Waals surface area contributed by atoms with Gasteiger partial charge in [-0.3, -0.25) is 4.79 Å². The predicted molar refractivity (Wildman–Crippen MR) is 84.4 cm³/mol. The summed E-state index contributed by atoms with van der Waals surface area (Å²) in [5.41, 5.74) is 0. The van der Waals surface area contributed by atoms with Crippen LogP contribution < -0.4 is 9.64 Å². The topological polar surface area (TPSA) is 67.8 Å². The minimum Gasteiger partial charge on any atom is -0.481 e. The van der Waals surface area contributed by atoms with E-state index in [4.69, 9.17) is 9.47 Å². The van der Waals surface area contributed by atoms with Crippen molar-refractivity contribution in [1.82, 2.24) is 14.9 Å². The molecule has 1 amide bonds. The average molecular weight is 324 g/mol. The molecule has 2 aliphatic rings. The average Bonchev–Trinajstić information content (AvgIpc) is 2.62. The summed E-state index contributed by atoms with van der Waals surface area (Å²) in [6.07, 6.45) is 1.22. The van der Waals surface area contributed by atoms with E-state index < -0.39 is 6.10 Å². The molecule has 7 nitrogen and oxygen atoms in total. The van der Waals surface area contributed by atoms with Crippen LogP contribution in [0.4, 0.5) is 5.95 Å². The quantitative estimate of drug-likeness (QED) is 0.790. The van der Waals surface area contributed by atoms with Gasteiger partial charge in [0.15, 0.2) is 6.10 Å². The number of aromatic nitrogens is 2. The Morgan fingerprint density at radius 3 is 3.00 bits per heavy atom. The second kappa shape index (κ2) is 7.15. The van der Waals surface area contributed by atoms with Crippen LogP contribution in [0, 0.1) is 0 Å². The summed E-state index contributed by atoms with van der Waals surface area (Å²) in [6.45, 7) is 3.26. The zero-order valence-electron chi connectivity index (χ0n) is 12.6. The number of thioether (sulfide) groups is 1. The Labute approximate surface area is 134 Å². The van der Waals surface area contributed by atoms with Crippen molar-refractivity contribution in [1.29, 1.82) is 0 Å². The number of carbonyl (C=O) groups excluding carboxylic acids is 1. The molecule has 0 N–H and O–H groups in total. The molecule has 1 aromatic rings. The number of hydrogen-bond acceptors (Lipinski definition) is 7. The number of rotatable bonds is 3. The number of ether oxygens (including phenoxy) is 2. The first-order valence-corrected chi connectivity index (χ1v) is 8.53. The number of hydrogen-bond donors (Lipinski definition) is 0. The summed E-state index contributed by atoms with van der Waals surface area (Å²) < 4.78 is 10.8. The molecule has 0 bridgehead atoms. The summed E-state index contributed by atoms with van der Waals surface area (Å²) in [5, 5.41) is 0. The molecule has 2 saturated heterocycles. The highest BCUT2D eigenvalue weighted by Crippen LogP contribution is 2.18. The summed E-state index contributed by atoms with van der Waals surface area (Å²) in [5.74, 6) is 3.18. The molecule has 0 saturated carbocycles. The van der Waals surface area contributed by atoms with Gasteiger partial charge in [0.05, 0.1) is 20.3 Å². The van der Waals surface area contributed by atoms with E-state index in [1.807, 2.05) is 21.6 Å². The monoisotopic (exact) mass is 324 g/mol. The van der Waals surface area contributed by atoms with Gasteiger partial charge in [0.2, 0.25) is 11.8 Å². The van der Waals surface area contributed by atoms with Crippen molar-refractivity contribution in [2.75, 3.05) is 56.3 Å². The summed E-state index contributed by atoms with van der Waals surface area (Å²) in [4.78, 5) is 25.0. The lowest BCUT2D eigenvalue weighted by Crippen LogP contribution is -2.53. The minimum absolute atomic E-state index is 0.0768. The van der Waals surface area contributed by atoms with Gasteiger partial charge in [0, 0.05) is 43.4 Å². The molecule has 0 aromatic carbocycles. The van der Waals surface area contributed by atoms with Crippen LogP contribution in [-0.2, 0) is 9.53 Å². The van der Waals surface area contributed by atoms with Gasteiger partial charge in [-0.05, 0) is 0 Å². The Bertz CT molecular complexity index is 525. The van der Waals surface area contributed by atoms with E-state index in [0.29, 0.717) is 31.5 Å². The summed E-state index contributed by atoms with van der Waals surface area (Å²) in [6, 6.07) is 1.71. The largest absolute Gasteiger partial charge is 0.481 e. The van der Waals surface area contributed by atoms with Gasteiger partial charge < -0.3 is 19.3 Å². The predicted octanol–water partition coefficient (Wildman–Crippen LogP) is 0.266. The van der Waals surface area contributed by atoms with Crippen molar-refractivity contribution in [3.63, 3.8) is 0 Å². The summed E-state index contributed by atoms with van der Waals surface area (Å²) in [7, 11) is 1.58. The molecule has 3 rings (SSSR count). The van der Waals surface area contributed by atoms with Crippen LogP contribution in [0.5, 0.6) is 5.88 Å². The lowest BCUT2D eigenvalue weighted by Gasteiger charge is -2.36. The van der Waals surface area contributed by atoms with Crippen LogP contribution >= 0.6 is 11.8 Å². The standard InChI is InChI=1S/C14H20N4O3S/c1-20-12-2-3-15-14(16-12)18-4-7-21-11(10-18)13(19)17-5-8-22-9-6-17/h2-3,11H,4-10H2,1H3. The molecule has 1 atom stereocenters. The van der Waals surface area contributed by atoms with Gasteiger partial charge in [-0.1, -0.05) is 0 Å². The van der Waals surface area contributed by atoms with Crippen molar-refractivity contribution in [3.8, 4) is 5.88 Å². The number of carbonyl (C=O) groups is 1. The Hall–Kier alpha value is -1.54. The lowest BCUT2D eigenvalue weighted by atomic mass is 10.2. The van der Waals surface area contributed by atoms with Crippen LogP contribution in [0.2, 0.25) is 0 Å². The third-order valence-electron chi connectivity index (χ3n) is 3.77. The van der Waals surface area contributed by atoms with E-state index in [0.717, 1.165) is 24.6 Å². The lowest BCUT2D eigenvalue weighted by molar-refractivity contribution is -0.144. The van der Waals surface area contributed by atoms with E-state index in [1.54, 1.807) is 19.4 Å². The molecule has 3 heterocycles. The highest BCUT2D eigenvalue weighted by Gasteiger charge is 2.31. The zero-order valence-corrected chi connectivity index (χ0v) is 13.4. The van der Waals surface area contributed by atoms with Gasteiger partial charge in [0.25, 0.3) is 5.91 Å². The van der Waals surface area contributed by atoms with Crippen molar-refractivity contribution in [2.24, 2.45) is 0 Å². The number of amides is 1. The molecule has 22 heavy (non-hydrogen) atoms. The molecule has 0 aliphatic carbocycles. The molecular weight excluding hydrogens is 304 g/mol. The second-order valence-corrected chi connectivity index (χ2v) is 6.37. The van der Waals surface area contributed by atoms with Gasteiger partial charge in [-0.15, -0.1) is 0 Å². The Morgan fingerprint density at radius 1 is 1.41 bits per heavy atom. The van der Waals surface area contributed by atoms with E-state index in [1.165, 1.54) is 0 Å². The Balaban J connectivity index is 1.66. The molecular formula is C14H20N4O3S. The van der Waals surface area contributed by atoms with Crippen LogP contribution in [0.25, 0.3) is 0 Å². The maximum Gasteiger partial charge on any atom is 0.253 e. The normalized spacial score (nSPS) is 22.5. The zero-order chi connectivity index (χ0) is 15.4. The fourth-order valence-electron chi connectivity index (χ4n) is 2.57. The van der Waals surface area contributed by atoms with Crippen molar-refractivity contribution in [2.45, 2.75) is 6.10 Å². The molecule has 1 aromatic heterocycles. The fraction of sp³-hybridized carbons (Fsp3) is 0.643. The molecule has 0 spiro atoms. The second-order valence-electron chi connectivity index (χ2n) is 5.14. The molecule has 120 valence electrons. The van der Waals surface area contributed by atoms with Crippen LogP contribution in [0.15, 0.2) is 12.3 Å². The van der Waals surface area contributed by atoms with E-state index in [9.17, 15) is 4.79 Å². The third-order valence-corrected chi connectivity index (χ3v) is 4.72. The van der Waals surface area contributed by atoms with Crippen LogP contribution in [0.1, 0.15) is 0 Å². The number of methoxy groups -OCH3 is 1. The van der Waals surface area contributed by atoms with Gasteiger partial charge in [-0.2, -0.15) is 16.7 Å². The molecule has 2 fully saturated rings. The van der Waals surface area contributed by atoms with Crippen molar-refractivity contribution in [3.05, 3.63) is 12.3 Å². The molecule has 1 unspecified atom stereocenters. The van der Waals surface area contributed by atoms with Crippen LogP contribution in [-0.4, -0.2) is 78.3 Å². The number of nitrogens with zero attached hydrogens (tertiary/aromatic N) is 4. The highest BCUT2D eigenvalue weighted by atomic mass is 32.2. The SMILES string of the molecule is COc1ccnc(N2CCOC(C(=O)N3CCSCC3)C2)n1. The van der Waals surface area contributed by atoms with Gasteiger partial charge in [0.1, 0.15) is 0 Å².